The van der Waals surface area contributed by atoms with Gasteiger partial charge >= 0.3 is 0 Å². The normalized spacial score (nSPS) is 10.7. The summed E-state index contributed by atoms with van der Waals surface area (Å²) in [6.07, 6.45) is 0. The van der Waals surface area contributed by atoms with Crippen molar-refractivity contribution in [1.82, 2.24) is 4.98 Å². The van der Waals surface area contributed by atoms with Crippen LogP contribution in [0.4, 0.5) is 5.69 Å². The van der Waals surface area contributed by atoms with Crippen molar-refractivity contribution < 1.29 is 18.7 Å². The molecule has 6 heteroatoms. The first-order valence-corrected chi connectivity index (χ1v) is 9.15. The molecule has 0 fully saturated rings. The number of hydrogen-bond acceptors (Lipinski definition) is 5. The largest absolute Gasteiger partial charge is 0.497 e. The Morgan fingerprint density at radius 1 is 1.03 bits per heavy atom. The molecule has 0 aliphatic heterocycles. The molecule has 1 N–H and O–H groups in total. The first-order chi connectivity index (χ1) is 14.1. The number of aromatic nitrogens is 1. The number of carbonyl (C=O) groups is 1. The van der Waals surface area contributed by atoms with Crippen molar-refractivity contribution >= 4 is 22.7 Å². The first kappa shape index (κ1) is 18.6. The second kappa shape index (κ2) is 8.06. The lowest BCUT2D eigenvalue weighted by molar-refractivity contribution is -0.118. The van der Waals surface area contributed by atoms with Gasteiger partial charge in [-0.2, -0.15) is 0 Å². The van der Waals surface area contributed by atoms with Gasteiger partial charge in [-0.1, -0.05) is 17.7 Å². The Balaban J connectivity index is 1.43. The van der Waals surface area contributed by atoms with Gasteiger partial charge in [0, 0.05) is 11.3 Å². The van der Waals surface area contributed by atoms with E-state index in [9.17, 15) is 4.79 Å². The highest BCUT2D eigenvalue weighted by molar-refractivity contribution is 5.94. The van der Waals surface area contributed by atoms with Gasteiger partial charge in [-0.3, -0.25) is 4.79 Å². The van der Waals surface area contributed by atoms with Gasteiger partial charge < -0.3 is 19.2 Å². The van der Waals surface area contributed by atoms with E-state index in [1.807, 2.05) is 31.2 Å². The van der Waals surface area contributed by atoms with Crippen LogP contribution < -0.4 is 14.8 Å². The van der Waals surface area contributed by atoms with Crippen LogP contribution in [0.15, 0.2) is 71.1 Å². The summed E-state index contributed by atoms with van der Waals surface area (Å²) in [6.45, 7) is 1.92. The molecule has 1 heterocycles. The van der Waals surface area contributed by atoms with Crippen molar-refractivity contribution in [1.29, 1.82) is 0 Å². The molecular weight excluding hydrogens is 368 g/mol. The molecule has 0 spiro atoms. The van der Waals surface area contributed by atoms with E-state index in [1.165, 1.54) is 0 Å². The van der Waals surface area contributed by atoms with E-state index in [4.69, 9.17) is 13.9 Å². The predicted molar refractivity (Wildman–Crippen MR) is 111 cm³/mol. The van der Waals surface area contributed by atoms with Crippen molar-refractivity contribution in [2.75, 3.05) is 19.0 Å². The second-order valence-corrected chi connectivity index (χ2v) is 6.58. The number of rotatable bonds is 6. The van der Waals surface area contributed by atoms with Crippen molar-refractivity contribution in [3.05, 3.63) is 72.3 Å². The molecule has 0 radical (unpaired) electrons. The number of methoxy groups -OCH3 is 1. The molecule has 0 unspecified atom stereocenters. The smallest absolute Gasteiger partial charge is 0.262 e. The Morgan fingerprint density at radius 3 is 2.59 bits per heavy atom. The van der Waals surface area contributed by atoms with Crippen molar-refractivity contribution in [2.24, 2.45) is 0 Å². The SMILES string of the molecule is COc1ccc(OCC(=O)Nc2ccc3oc(-c4cccc(C)c4)nc3c2)cc1. The Labute approximate surface area is 168 Å². The van der Waals surface area contributed by atoms with Crippen LogP contribution in [0.1, 0.15) is 5.56 Å². The molecule has 0 aliphatic carbocycles. The van der Waals surface area contributed by atoms with Gasteiger partial charge in [0.1, 0.15) is 17.0 Å². The molecule has 146 valence electrons. The van der Waals surface area contributed by atoms with Gasteiger partial charge in [-0.25, -0.2) is 4.98 Å². The second-order valence-electron chi connectivity index (χ2n) is 6.58. The summed E-state index contributed by atoms with van der Waals surface area (Å²) in [7, 11) is 1.60. The Hall–Kier alpha value is -3.80. The van der Waals surface area contributed by atoms with Crippen LogP contribution in [0.2, 0.25) is 0 Å². The van der Waals surface area contributed by atoms with E-state index in [0.717, 1.165) is 16.9 Å². The zero-order chi connectivity index (χ0) is 20.2. The lowest BCUT2D eigenvalue weighted by atomic mass is 10.1. The van der Waals surface area contributed by atoms with Crippen molar-refractivity contribution in [3.63, 3.8) is 0 Å². The fourth-order valence-corrected chi connectivity index (χ4v) is 2.92. The molecule has 0 aliphatic rings. The number of amides is 1. The summed E-state index contributed by atoms with van der Waals surface area (Å²) >= 11 is 0. The van der Waals surface area contributed by atoms with Gasteiger partial charge in [0.25, 0.3) is 5.91 Å². The summed E-state index contributed by atoms with van der Waals surface area (Å²) in [5.74, 6) is 1.61. The molecule has 1 aromatic heterocycles. The summed E-state index contributed by atoms with van der Waals surface area (Å²) in [6, 6.07) is 20.4. The average Bonchev–Trinajstić information content (AvgIpc) is 3.16. The highest BCUT2D eigenvalue weighted by Crippen LogP contribution is 2.26. The highest BCUT2D eigenvalue weighted by Gasteiger charge is 2.10. The van der Waals surface area contributed by atoms with E-state index in [2.05, 4.69) is 10.3 Å². The van der Waals surface area contributed by atoms with Gasteiger partial charge in [0.2, 0.25) is 5.89 Å². The van der Waals surface area contributed by atoms with Crippen LogP contribution >= 0.6 is 0 Å². The topological polar surface area (TPSA) is 73.6 Å². The van der Waals surface area contributed by atoms with E-state index < -0.39 is 0 Å². The molecule has 0 saturated heterocycles. The number of oxazole rings is 1. The van der Waals surface area contributed by atoms with Crippen LogP contribution in [-0.4, -0.2) is 24.6 Å². The van der Waals surface area contributed by atoms with Gasteiger partial charge in [0.15, 0.2) is 12.2 Å². The van der Waals surface area contributed by atoms with Gasteiger partial charge in [0.05, 0.1) is 7.11 Å². The van der Waals surface area contributed by atoms with Gasteiger partial charge in [-0.15, -0.1) is 0 Å². The number of fused-ring (bicyclic) bond motifs is 1. The fraction of sp³-hybridized carbons (Fsp3) is 0.130. The zero-order valence-electron chi connectivity index (χ0n) is 16.1. The van der Waals surface area contributed by atoms with E-state index in [-0.39, 0.29) is 12.5 Å². The number of hydrogen-bond donors (Lipinski definition) is 1. The quantitative estimate of drug-likeness (QED) is 0.512. The summed E-state index contributed by atoms with van der Waals surface area (Å²) in [4.78, 5) is 16.7. The maximum Gasteiger partial charge on any atom is 0.262 e. The minimum Gasteiger partial charge on any atom is -0.497 e. The van der Waals surface area contributed by atoms with E-state index in [0.29, 0.717) is 28.4 Å². The van der Waals surface area contributed by atoms with Crippen LogP contribution in [0.3, 0.4) is 0 Å². The molecule has 0 atom stereocenters. The zero-order valence-corrected chi connectivity index (χ0v) is 16.1. The lowest BCUT2D eigenvalue weighted by Crippen LogP contribution is -2.20. The molecule has 29 heavy (non-hydrogen) atoms. The highest BCUT2D eigenvalue weighted by atomic mass is 16.5. The van der Waals surface area contributed by atoms with Crippen molar-refractivity contribution in [2.45, 2.75) is 6.92 Å². The first-order valence-electron chi connectivity index (χ1n) is 9.15. The van der Waals surface area contributed by atoms with Crippen LogP contribution in [0.25, 0.3) is 22.6 Å². The molecule has 3 aromatic carbocycles. The maximum absolute atomic E-state index is 12.2. The molecule has 4 rings (SSSR count). The Bertz CT molecular complexity index is 1150. The monoisotopic (exact) mass is 388 g/mol. The number of anilines is 1. The van der Waals surface area contributed by atoms with Crippen LogP contribution in [-0.2, 0) is 4.79 Å². The van der Waals surface area contributed by atoms with Crippen LogP contribution in [0, 0.1) is 6.92 Å². The molecular formula is C23H20N2O4. The van der Waals surface area contributed by atoms with Crippen LogP contribution in [0.5, 0.6) is 11.5 Å². The number of nitrogens with zero attached hydrogens (tertiary/aromatic N) is 1. The number of benzene rings is 3. The predicted octanol–water partition coefficient (Wildman–Crippen LogP) is 4.83. The van der Waals surface area contributed by atoms with Gasteiger partial charge in [-0.05, 0) is 61.5 Å². The van der Waals surface area contributed by atoms with Crippen molar-refractivity contribution in [3.8, 4) is 23.0 Å². The molecule has 6 nitrogen and oxygen atoms in total. The lowest BCUT2D eigenvalue weighted by Gasteiger charge is -2.08. The third-order valence-corrected chi connectivity index (χ3v) is 4.37. The number of nitrogens with one attached hydrogen (secondary N) is 1. The summed E-state index contributed by atoms with van der Waals surface area (Å²) < 4.78 is 16.4. The molecule has 0 saturated carbocycles. The van der Waals surface area contributed by atoms with E-state index in [1.54, 1.807) is 49.6 Å². The third-order valence-electron chi connectivity index (χ3n) is 4.37. The number of carbonyl (C=O) groups excluding carboxylic acids is 1. The average molecular weight is 388 g/mol. The Kier molecular flexibility index (Phi) is 5.16. The maximum atomic E-state index is 12.2. The molecule has 0 bridgehead atoms. The Morgan fingerprint density at radius 2 is 1.83 bits per heavy atom. The number of ether oxygens (including phenoxy) is 2. The molecule has 4 aromatic rings. The molecule has 1 amide bonds. The number of aryl methyl sites for hydroxylation is 1. The standard InChI is InChI=1S/C23H20N2O4/c1-15-4-3-5-16(12-15)23-25-20-13-17(6-11-21(20)29-23)24-22(26)14-28-19-9-7-18(27-2)8-10-19/h3-13H,14H2,1-2H3,(H,24,26). The third kappa shape index (κ3) is 4.38. The summed E-state index contributed by atoms with van der Waals surface area (Å²) in [5.41, 5.74) is 4.02. The van der Waals surface area contributed by atoms with E-state index >= 15 is 0 Å². The minimum absolute atomic E-state index is 0.0995. The fourth-order valence-electron chi connectivity index (χ4n) is 2.92. The minimum atomic E-state index is -0.262. The summed E-state index contributed by atoms with van der Waals surface area (Å²) in [5, 5.41) is 2.81.